The molecule has 0 fully saturated rings. The van der Waals surface area contributed by atoms with E-state index < -0.39 is 0 Å². The Morgan fingerprint density at radius 3 is 2.63 bits per heavy atom. The highest BCUT2D eigenvalue weighted by molar-refractivity contribution is 6.32. The molecule has 3 aromatic rings. The Labute approximate surface area is 160 Å². The fourth-order valence-corrected chi connectivity index (χ4v) is 2.86. The first-order valence-corrected chi connectivity index (χ1v) is 8.43. The van der Waals surface area contributed by atoms with Gasteiger partial charge in [0.05, 0.1) is 12.8 Å². The van der Waals surface area contributed by atoms with Crippen molar-refractivity contribution in [1.82, 2.24) is 14.8 Å². The molecule has 4 rings (SSSR count). The van der Waals surface area contributed by atoms with Crippen LogP contribution in [0.1, 0.15) is 5.56 Å². The first-order valence-electron chi connectivity index (χ1n) is 8.05. The summed E-state index contributed by atoms with van der Waals surface area (Å²) in [5, 5.41) is 4.62. The normalized spacial score (nSPS) is 15.3. The van der Waals surface area contributed by atoms with Crippen molar-refractivity contribution in [2.45, 2.75) is 0 Å². The SMILES string of the molecule is COc1ccc(/C=C2/N=C(n3cncn3)N(c3cccc(Cl)c3)C2=O)cc1. The van der Waals surface area contributed by atoms with Crippen LogP contribution < -0.4 is 9.64 Å². The topological polar surface area (TPSA) is 72.6 Å². The predicted molar refractivity (Wildman–Crippen MR) is 103 cm³/mol. The molecular weight excluding hydrogens is 366 g/mol. The summed E-state index contributed by atoms with van der Waals surface area (Å²) in [4.78, 5) is 22.9. The molecule has 27 heavy (non-hydrogen) atoms. The fourth-order valence-electron chi connectivity index (χ4n) is 2.68. The number of rotatable bonds is 3. The zero-order chi connectivity index (χ0) is 18.8. The Bertz CT molecular complexity index is 1040. The maximum atomic E-state index is 13.1. The molecule has 0 unspecified atom stereocenters. The Morgan fingerprint density at radius 1 is 1.15 bits per heavy atom. The number of halogens is 1. The Hall–Kier alpha value is -3.45. The van der Waals surface area contributed by atoms with Gasteiger partial charge in [0.1, 0.15) is 24.1 Å². The predicted octanol–water partition coefficient (Wildman–Crippen LogP) is 3.23. The van der Waals surface area contributed by atoms with E-state index in [4.69, 9.17) is 16.3 Å². The van der Waals surface area contributed by atoms with Gasteiger partial charge in [0.25, 0.3) is 5.91 Å². The summed E-state index contributed by atoms with van der Waals surface area (Å²) in [6.07, 6.45) is 4.58. The molecule has 8 heteroatoms. The van der Waals surface area contributed by atoms with E-state index >= 15 is 0 Å². The van der Waals surface area contributed by atoms with Crippen molar-refractivity contribution in [2.75, 3.05) is 12.0 Å². The first kappa shape index (κ1) is 17.0. The van der Waals surface area contributed by atoms with Gasteiger partial charge in [0.15, 0.2) is 0 Å². The van der Waals surface area contributed by atoms with Gasteiger partial charge in [0, 0.05) is 5.02 Å². The van der Waals surface area contributed by atoms with Crippen LogP contribution in [0, 0.1) is 0 Å². The second-order valence-corrected chi connectivity index (χ2v) is 6.11. The zero-order valence-electron chi connectivity index (χ0n) is 14.3. The van der Waals surface area contributed by atoms with Gasteiger partial charge < -0.3 is 4.74 Å². The van der Waals surface area contributed by atoms with E-state index in [0.29, 0.717) is 16.7 Å². The van der Waals surface area contributed by atoms with E-state index in [1.807, 2.05) is 24.3 Å². The zero-order valence-corrected chi connectivity index (χ0v) is 15.0. The molecular formula is C19H14ClN5O2. The number of ether oxygens (including phenoxy) is 1. The minimum Gasteiger partial charge on any atom is -0.497 e. The highest BCUT2D eigenvalue weighted by atomic mass is 35.5. The molecule has 1 aliphatic heterocycles. The van der Waals surface area contributed by atoms with Crippen LogP contribution in [0.25, 0.3) is 6.08 Å². The van der Waals surface area contributed by atoms with Gasteiger partial charge in [-0.05, 0) is 42.0 Å². The van der Waals surface area contributed by atoms with Crippen LogP contribution in [0.3, 0.4) is 0 Å². The lowest BCUT2D eigenvalue weighted by molar-refractivity contribution is -0.113. The molecule has 0 saturated heterocycles. The third-order valence-corrected chi connectivity index (χ3v) is 4.19. The summed E-state index contributed by atoms with van der Waals surface area (Å²) in [5.74, 6) is 0.792. The molecule has 0 aliphatic carbocycles. The third kappa shape index (κ3) is 3.32. The molecule has 0 bridgehead atoms. The molecule has 1 amide bonds. The molecule has 0 radical (unpaired) electrons. The van der Waals surface area contributed by atoms with Crippen LogP contribution >= 0.6 is 11.6 Å². The second kappa shape index (κ2) is 7.05. The lowest BCUT2D eigenvalue weighted by Crippen LogP contribution is -2.36. The standard InChI is InChI=1S/C19H14ClN5O2/c1-27-16-7-5-13(6-8-16)9-17-18(26)25(15-4-2-3-14(20)10-15)19(23-17)24-12-21-11-22-24/h2-12H,1H3/b17-9+. The second-order valence-electron chi connectivity index (χ2n) is 5.68. The van der Waals surface area contributed by atoms with Crippen molar-refractivity contribution >= 4 is 35.2 Å². The van der Waals surface area contributed by atoms with E-state index in [1.54, 1.807) is 37.5 Å². The van der Waals surface area contributed by atoms with Crippen LogP contribution in [0.4, 0.5) is 5.69 Å². The van der Waals surface area contributed by atoms with Gasteiger partial charge in [-0.3, -0.25) is 4.79 Å². The van der Waals surface area contributed by atoms with Crippen LogP contribution in [-0.4, -0.2) is 33.7 Å². The molecule has 1 aromatic heterocycles. The molecule has 0 spiro atoms. The van der Waals surface area contributed by atoms with E-state index in [1.165, 1.54) is 22.2 Å². The molecule has 0 saturated carbocycles. The highest BCUT2D eigenvalue weighted by Gasteiger charge is 2.33. The fraction of sp³-hybridized carbons (Fsp3) is 0.0526. The highest BCUT2D eigenvalue weighted by Crippen LogP contribution is 2.27. The van der Waals surface area contributed by atoms with Gasteiger partial charge in [-0.25, -0.2) is 14.9 Å². The lowest BCUT2D eigenvalue weighted by atomic mass is 10.2. The number of hydrogen-bond acceptors (Lipinski definition) is 5. The first-order chi connectivity index (χ1) is 13.2. The molecule has 0 atom stereocenters. The summed E-state index contributed by atoms with van der Waals surface area (Å²) in [6.45, 7) is 0. The van der Waals surface area contributed by atoms with Crippen molar-refractivity contribution in [1.29, 1.82) is 0 Å². The largest absolute Gasteiger partial charge is 0.497 e. The number of hydrogen-bond donors (Lipinski definition) is 0. The van der Waals surface area contributed by atoms with Gasteiger partial charge in [-0.2, -0.15) is 9.78 Å². The Kier molecular flexibility index (Phi) is 4.43. The number of amides is 1. The Balaban J connectivity index is 1.77. The van der Waals surface area contributed by atoms with E-state index in [2.05, 4.69) is 15.1 Å². The van der Waals surface area contributed by atoms with Gasteiger partial charge >= 0.3 is 0 Å². The number of carbonyl (C=O) groups is 1. The van der Waals surface area contributed by atoms with E-state index in [9.17, 15) is 4.79 Å². The molecule has 2 heterocycles. The number of benzene rings is 2. The summed E-state index contributed by atoms with van der Waals surface area (Å²) in [6, 6.07) is 14.3. The van der Waals surface area contributed by atoms with Crippen molar-refractivity contribution in [3.05, 3.63) is 77.5 Å². The molecule has 1 aliphatic rings. The average Bonchev–Trinajstić information content (AvgIpc) is 3.31. The summed E-state index contributed by atoms with van der Waals surface area (Å²) in [5.41, 5.74) is 1.71. The third-order valence-electron chi connectivity index (χ3n) is 3.95. The van der Waals surface area contributed by atoms with Crippen LogP contribution in [0.2, 0.25) is 5.02 Å². The number of carbonyl (C=O) groups excluding carboxylic acids is 1. The Morgan fingerprint density at radius 2 is 1.96 bits per heavy atom. The van der Waals surface area contributed by atoms with E-state index in [-0.39, 0.29) is 11.6 Å². The van der Waals surface area contributed by atoms with Crippen LogP contribution in [-0.2, 0) is 4.79 Å². The number of anilines is 1. The molecule has 134 valence electrons. The minimum absolute atomic E-state index is 0.279. The monoisotopic (exact) mass is 379 g/mol. The summed E-state index contributed by atoms with van der Waals surface area (Å²) in [7, 11) is 1.60. The minimum atomic E-state index is -0.279. The van der Waals surface area contributed by atoms with Crippen molar-refractivity contribution in [2.24, 2.45) is 4.99 Å². The molecule has 2 aromatic carbocycles. The number of nitrogens with zero attached hydrogens (tertiary/aromatic N) is 5. The molecule has 7 nitrogen and oxygen atoms in total. The number of aromatic nitrogens is 3. The quantitative estimate of drug-likeness (QED) is 0.655. The van der Waals surface area contributed by atoms with Crippen molar-refractivity contribution < 1.29 is 9.53 Å². The number of methoxy groups -OCH3 is 1. The van der Waals surface area contributed by atoms with Crippen LogP contribution in [0.15, 0.2) is 71.9 Å². The number of aliphatic imine (C=N–C) groups is 1. The van der Waals surface area contributed by atoms with Crippen molar-refractivity contribution in [3.63, 3.8) is 0 Å². The maximum absolute atomic E-state index is 13.1. The smallest absolute Gasteiger partial charge is 0.283 e. The van der Waals surface area contributed by atoms with Gasteiger partial charge in [-0.1, -0.05) is 29.8 Å². The molecule has 0 N–H and O–H groups in total. The van der Waals surface area contributed by atoms with E-state index in [0.717, 1.165) is 11.3 Å². The summed E-state index contributed by atoms with van der Waals surface area (Å²) < 4.78 is 6.60. The van der Waals surface area contributed by atoms with Crippen LogP contribution in [0.5, 0.6) is 5.75 Å². The lowest BCUT2D eigenvalue weighted by Gasteiger charge is -2.17. The summed E-state index contributed by atoms with van der Waals surface area (Å²) >= 11 is 6.10. The van der Waals surface area contributed by atoms with Gasteiger partial charge in [0.2, 0.25) is 5.96 Å². The maximum Gasteiger partial charge on any atom is 0.283 e. The average molecular weight is 380 g/mol. The van der Waals surface area contributed by atoms with Gasteiger partial charge in [-0.15, -0.1) is 0 Å². The van der Waals surface area contributed by atoms with Crippen molar-refractivity contribution in [3.8, 4) is 5.75 Å².